The summed E-state index contributed by atoms with van der Waals surface area (Å²) in [4.78, 5) is 27.3. The van der Waals surface area contributed by atoms with Crippen LogP contribution in [0.3, 0.4) is 0 Å². The number of nitrogens with one attached hydrogen (secondary N) is 2. The van der Waals surface area contributed by atoms with Crippen LogP contribution in [-0.4, -0.2) is 18.2 Å². The molecule has 1 unspecified atom stereocenters. The van der Waals surface area contributed by atoms with Crippen LogP contribution < -0.4 is 10.6 Å². The number of hydrogen-bond acceptors (Lipinski definition) is 3. The minimum Gasteiger partial charge on any atom is -0.319 e. The van der Waals surface area contributed by atoms with E-state index < -0.39 is 11.6 Å². The number of benzene rings is 1. The third-order valence-corrected chi connectivity index (χ3v) is 2.93. The number of imide groups is 1. The third kappa shape index (κ3) is 1.02. The highest BCUT2D eigenvalue weighted by atomic mass is 16.2. The van der Waals surface area contributed by atoms with Gasteiger partial charge in [0, 0.05) is 18.2 Å². The van der Waals surface area contributed by atoms with E-state index in [1.54, 1.807) is 6.21 Å². The molecular formula is C11H9N3O2. The van der Waals surface area contributed by atoms with Gasteiger partial charge in [0.25, 0.3) is 5.91 Å². The van der Waals surface area contributed by atoms with E-state index in [2.05, 4.69) is 15.6 Å². The van der Waals surface area contributed by atoms with Crippen LogP contribution in [0.15, 0.2) is 29.3 Å². The predicted octanol–water partition coefficient (Wildman–Crippen LogP) is 0.827. The lowest BCUT2D eigenvalue weighted by atomic mass is 9.84. The van der Waals surface area contributed by atoms with Crippen LogP contribution in [0.5, 0.6) is 0 Å². The van der Waals surface area contributed by atoms with Crippen LogP contribution in [0, 0.1) is 0 Å². The second kappa shape index (κ2) is 2.91. The third-order valence-electron chi connectivity index (χ3n) is 2.93. The number of hydrogen-bond donors (Lipinski definition) is 2. The van der Waals surface area contributed by atoms with E-state index in [-0.39, 0.29) is 5.91 Å². The van der Waals surface area contributed by atoms with E-state index in [9.17, 15) is 9.59 Å². The van der Waals surface area contributed by atoms with Crippen molar-refractivity contribution in [2.45, 2.75) is 12.0 Å². The van der Waals surface area contributed by atoms with Crippen molar-refractivity contribution in [3.05, 3.63) is 29.8 Å². The Kier molecular flexibility index (Phi) is 1.65. The van der Waals surface area contributed by atoms with E-state index in [1.165, 1.54) is 0 Å². The average molecular weight is 215 g/mol. The van der Waals surface area contributed by atoms with E-state index in [0.717, 1.165) is 11.3 Å². The Labute approximate surface area is 91.6 Å². The van der Waals surface area contributed by atoms with Gasteiger partial charge in [-0.25, -0.2) is 4.79 Å². The molecule has 0 aliphatic carbocycles. The first-order chi connectivity index (χ1) is 7.72. The van der Waals surface area contributed by atoms with Crippen molar-refractivity contribution in [2.75, 3.05) is 0 Å². The minimum absolute atomic E-state index is 0.309. The van der Waals surface area contributed by atoms with Gasteiger partial charge < -0.3 is 5.32 Å². The summed E-state index contributed by atoms with van der Waals surface area (Å²) in [6.45, 7) is 0. The zero-order valence-corrected chi connectivity index (χ0v) is 8.36. The van der Waals surface area contributed by atoms with Crippen LogP contribution in [0.25, 0.3) is 0 Å². The van der Waals surface area contributed by atoms with Crippen molar-refractivity contribution < 1.29 is 9.59 Å². The van der Waals surface area contributed by atoms with Gasteiger partial charge in [-0.05, 0) is 6.07 Å². The molecule has 1 fully saturated rings. The van der Waals surface area contributed by atoms with Crippen LogP contribution in [0.2, 0.25) is 0 Å². The van der Waals surface area contributed by atoms with E-state index >= 15 is 0 Å². The molecule has 1 saturated heterocycles. The Balaban J connectivity index is 2.21. The standard InChI is InChI=1S/C11H9N3O2/c15-9-11(14-10(16)13-9)5-6-12-8-4-2-1-3-7(8)11/h1-4,6H,5H2,(H2,13,14,15,16). The van der Waals surface area contributed by atoms with Gasteiger partial charge in [0.05, 0.1) is 5.69 Å². The zero-order valence-electron chi connectivity index (χ0n) is 8.36. The normalized spacial score (nSPS) is 26.5. The number of urea groups is 1. The first kappa shape index (κ1) is 9.08. The lowest BCUT2D eigenvalue weighted by molar-refractivity contribution is -0.124. The molecule has 1 atom stereocenters. The maximum Gasteiger partial charge on any atom is 0.322 e. The van der Waals surface area contributed by atoms with Crippen molar-refractivity contribution >= 4 is 23.8 Å². The second-order valence-electron chi connectivity index (χ2n) is 3.85. The van der Waals surface area contributed by atoms with Gasteiger partial charge in [-0.2, -0.15) is 0 Å². The molecule has 1 aromatic rings. The fourth-order valence-corrected chi connectivity index (χ4v) is 2.16. The van der Waals surface area contributed by atoms with Crippen LogP contribution >= 0.6 is 0 Å². The molecule has 1 spiro atoms. The predicted molar refractivity (Wildman–Crippen MR) is 57.6 cm³/mol. The van der Waals surface area contributed by atoms with Crippen molar-refractivity contribution in [1.82, 2.24) is 10.6 Å². The molecule has 2 aliphatic rings. The smallest absolute Gasteiger partial charge is 0.319 e. The molecule has 0 saturated carbocycles. The molecule has 80 valence electrons. The Morgan fingerprint density at radius 1 is 1.25 bits per heavy atom. The number of para-hydroxylation sites is 1. The number of amides is 3. The number of carbonyl (C=O) groups excluding carboxylic acids is 2. The Morgan fingerprint density at radius 3 is 2.81 bits per heavy atom. The van der Waals surface area contributed by atoms with Gasteiger partial charge in [-0.15, -0.1) is 0 Å². The van der Waals surface area contributed by atoms with Gasteiger partial charge in [0.2, 0.25) is 0 Å². The van der Waals surface area contributed by atoms with Crippen molar-refractivity contribution in [3.63, 3.8) is 0 Å². The van der Waals surface area contributed by atoms with Crippen molar-refractivity contribution in [1.29, 1.82) is 0 Å². The first-order valence-electron chi connectivity index (χ1n) is 4.98. The second-order valence-corrected chi connectivity index (χ2v) is 3.85. The Morgan fingerprint density at radius 2 is 2.06 bits per heavy atom. The van der Waals surface area contributed by atoms with Crippen LogP contribution in [0.4, 0.5) is 10.5 Å². The molecule has 3 amide bonds. The van der Waals surface area contributed by atoms with Gasteiger partial charge in [0.1, 0.15) is 0 Å². The highest BCUT2D eigenvalue weighted by Crippen LogP contribution is 2.37. The van der Waals surface area contributed by atoms with Crippen LogP contribution in [-0.2, 0) is 10.3 Å². The molecule has 0 aromatic heterocycles. The number of aliphatic imine (C=N–C) groups is 1. The molecule has 5 heteroatoms. The molecule has 2 heterocycles. The van der Waals surface area contributed by atoms with Crippen molar-refractivity contribution in [3.8, 4) is 0 Å². The molecule has 3 rings (SSSR count). The number of carbonyl (C=O) groups is 2. The van der Waals surface area contributed by atoms with Gasteiger partial charge >= 0.3 is 6.03 Å². The summed E-state index contributed by atoms with van der Waals surface area (Å²) >= 11 is 0. The number of fused-ring (bicyclic) bond motifs is 2. The minimum atomic E-state index is -0.963. The van der Waals surface area contributed by atoms with Crippen molar-refractivity contribution in [2.24, 2.45) is 4.99 Å². The molecule has 5 nitrogen and oxygen atoms in total. The van der Waals surface area contributed by atoms with Gasteiger partial charge in [-0.3, -0.25) is 15.1 Å². The fourth-order valence-electron chi connectivity index (χ4n) is 2.16. The van der Waals surface area contributed by atoms with Crippen LogP contribution in [0.1, 0.15) is 12.0 Å². The maximum atomic E-state index is 11.9. The molecule has 2 N–H and O–H groups in total. The van der Waals surface area contributed by atoms with E-state index in [1.807, 2.05) is 24.3 Å². The summed E-state index contributed by atoms with van der Waals surface area (Å²) in [5, 5.41) is 4.95. The average Bonchev–Trinajstić information content (AvgIpc) is 2.55. The summed E-state index contributed by atoms with van der Waals surface area (Å²) in [6, 6.07) is 6.87. The van der Waals surface area contributed by atoms with Gasteiger partial charge in [0.15, 0.2) is 5.54 Å². The first-order valence-corrected chi connectivity index (χ1v) is 4.98. The summed E-state index contributed by atoms with van der Waals surface area (Å²) in [6.07, 6.45) is 2.05. The molecule has 0 radical (unpaired) electrons. The molecule has 1 aromatic carbocycles. The molecule has 0 bridgehead atoms. The topological polar surface area (TPSA) is 70.6 Å². The summed E-state index contributed by atoms with van der Waals surface area (Å²) in [7, 11) is 0. The SMILES string of the molecule is O=C1NC(=O)C2(CC=Nc3ccccc32)N1. The summed E-state index contributed by atoms with van der Waals surface area (Å²) in [5.74, 6) is -0.309. The molecule has 16 heavy (non-hydrogen) atoms. The molecule has 2 aliphatic heterocycles. The summed E-state index contributed by atoms with van der Waals surface area (Å²) in [5.41, 5.74) is 0.516. The molecular weight excluding hydrogens is 206 g/mol. The Bertz CT molecular complexity index is 524. The highest BCUT2D eigenvalue weighted by molar-refractivity contribution is 6.09. The summed E-state index contributed by atoms with van der Waals surface area (Å²) < 4.78 is 0. The zero-order chi connectivity index (χ0) is 11.2. The van der Waals surface area contributed by atoms with E-state index in [4.69, 9.17) is 0 Å². The fraction of sp³-hybridized carbons (Fsp3) is 0.182. The highest BCUT2D eigenvalue weighted by Gasteiger charge is 2.49. The maximum absolute atomic E-state index is 11.9. The Hall–Kier alpha value is -2.17. The number of nitrogens with zero attached hydrogens (tertiary/aromatic N) is 1. The van der Waals surface area contributed by atoms with E-state index in [0.29, 0.717) is 6.42 Å². The monoisotopic (exact) mass is 215 g/mol. The lowest BCUT2D eigenvalue weighted by Gasteiger charge is -2.28. The van der Waals surface area contributed by atoms with Gasteiger partial charge in [-0.1, -0.05) is 18.2 Å². The number of rotatable bonds is 0. The largest absolute Gasteiger partial charge is 0.322 e. The lowest BCUT2D eigenvalue weighted by Crippen LogP contribution is -2.45. The quantitative estimate of drug-likeness (QED) is 0.629.